The van der Waals surface area contributed by atoms with Crippen LogP contribution >= 0.6 is 0 Å². The molecule has 0 spiro atoms. The van der Waals surface area contributed by atoms with Gasteiger partial charge < -0.3 is 0 Å². The number of hydrogen-bond donors (Lipinski definition) is 0. The van der Waals surface area contributed by atoms with Crippen LogP contribution in [0.25, 0.3) is 66.1 Å². The van der Waals surface area contributed by atoms with Crippen molar-refractivity contribution in [1.29, 1.82) is 0 Å². The molecule has 9 aromatic carbocycles. The summed E-state index contributed by atoms with van der Waals surface area (Å²) in [5.74, 6) is 13.6. The van der Waals surface area contributed by atoms with Gasteiger partial charge in [-0.2, -0.15) is 0 Å². The maximum atomic E-state index is 3.43. The summed E-state index contributed by atoms with van der Waals surface area (Å²) < 4.78 is 0. The highest BCUT2D eigenvalue weighted by atomic mass is 14.1. The lowest BCUT2D eigenvalue weighted by Gasteiger charge is -2.08. The highest BCUT2D eigenvalue weighted by Gasteiger charge is 2.07. The summed E-state index contributed by atoms with van der Waals surface area (Å²) >= 11 is 0. The van der Waals surface area contributed by atoms with E-state index in [0.29, 0.717) is 0 Å². The molecule has 0 aliphatic carbocycles. The summed E-state index contributed by atoms with van der Waals surface area (Å²) in [7, 11) is 0. The van der Waals surface area contributed by atoms with Crippen LogP contribution in [0.3, 0.4) is 0 Å². The van der Waals surface area contributed by atoms with Crippen molar-refractivity contribution in [2.45, 2.75) is 0 Å². The van der Waals surface area contributed by atoms with E-state index in [4.69, 9.17) is 0 Å². The van der Waals surface area contributed by atoms with Crippen molar-refractivity contribution in [3.63, 3.8) is 0 Å². The van der Waals surface area contributed by atoms with E-state index in [0.717, 1.165) is 44.5 Å². The van der Waals surface area contributed by atoms with Gasteiger partial charge in [0.15, 0.2) is 0 Å². The summed E-state index contributed by atoms with van der Waals surface area (Å²) in [6.07, 6.45) is 0. The number of rotatable bonds is 4. The second kappa shape index (κ2) is 14.7. The molecule has 0 N–H and O–H groups in total. The fraction of sp³-hybridized carbons (Fsp3) is 0. The van der Waals surface area contributed by atoms with Gasteiger partial charge in [0.05, 0.1) is 0 Å². The van der Waals surface area contributed by atoms with E-state index in [-0.39, 0.29) is 0 Å². The molecule has 0 aromatic heterocycles. The molecule has 0 saturated carbocycles. The lowest BCUT2D eigenvalue weighted by Crippen LogP contribution is -1.86. The van der Waals surface area contributed by atoms with Crippen LogP contribution in [-0.4, -0.2) is 0 Å². The van der Waals surface area contributed by atoms with Gasteiger partial charge in [-0.25, -0.2) is 0 Å². The van der Waals surface area contributed by atoms with Crippen LogP contribution in [0.4, 0.5) is 0 Å². The van der Waals surface area contributed by atoms with Gasteiger partial charge in [-0.3, -0.25) is 0 Å². The van der Waals surface area contributed by atoms with Crippen molar-refractivity contribution >= 4 is 21.5 Å². The van der Waals surface area contributed by atoms with Gasteiger partial charge in [-0.05, 0) is 115 Å². The predicted octanol–water partition coefficient (Wildman–Crippen LogP) is 13.5. The fourth-order valence-corrected chi connectivity index (χ4v) is 7.03. The lowest BCUT2D eigenvalue weighted by atomic mass is 9.96. The summed E-state index contributed by atoms with van der Waals surface area (Å²) in [5.41, 5.74) is 13.3. The van der Waals surface area contributed by atoms with Crippen molar-refractivity contribution in [1.82, 2.24) is 0 Å². The molecule has 0 aliphatic rings. The Morgan fingerprint density at radius 3 is 0.981 bits per heavy atom. The first-order valence-electron chi connectivity index (χ1n) is 18.2. The molecular weight excluding hydrogens is 649 g/mol. The Morgan fingerprint density at radius 2 is 0.556 bits per heavy atom. The zero-order valence-electron chi connectivity index (χ0n) is 29.6. The average molecular weight is 683 g/mol. The molecule has 0 amide bonds. The summed E-state index contributed by atoms with van der Waals surface area (Å²) in [6, 6.07) is 72.7. The van der Waals surface area contributed by atoms with Crippen molar-refractivity contribution in [2.24, 2.45) is 0 Å². The van der Waals surface area contributed by atoms with Gasteiger partial charge in [-0.1, -0.05) is 181 Å². The topological polar surface area (TPSA) is 0 Å². The van der Waals surface area contributed by atoms with Crippen LogP contribution in [0.5, 0.6) is 0 Å². The van der Waals surface area contributed by atoms with E-state index in [9.17, 15) is 0 Å². The molecule has 0 unspecified atom stereocenters. The van der Waals surface area contributed by atoms with Crippen LogP contribution in [0.15, 0.2) is 206 Å². The first kappa shape index (κ1) is 32.5. The standard InChI is InChI=1S/C54H34/c1-3-13-49-37-51(35-29-41(49)9-1)43-25-31-47(32-26-43)53-15-7-5-11-45(53)23-21-39-17-19-40(20-18-39)22-24-46-12-6-8-16-54(46)48-33-27-44(28-34-48)52-36-30-42-10-2-4-14-50(42)38-52/h1-20,25-38H. The third-order valence-corrected chi connectivity index (χ3v) is 9.98. The van der Waals surface area contributed by atoms with E-state index in [1.54, 1.807) is 0 Å². The number of benzene rings is 9. The van der Waals surface area contributed by atoms with Gasteiger partial charge in [0.25, 0.3) is 0 Å². The average Bonchev–Trinajstić information content (AvgIpc) is 3.25. The molecule has 0 bridgehead atoms. The van der Waals surface area contributed by atoms with Crippen molar-refractivity contribution in [3.8, 4) is 68.2 Å². The minimum atomic E-state index is 0.953. The molecule has 0 saturated heterocycles. The Labute approximate surface area is 317 Å². The number of fused-ring (bicyclic) bond motifs is 2. The van der Waals surface area contributed by atoms with Crippen molar-refractivity contribution < 1.29 is 0 Å². The minimum Gasteiger partial charge on any atom is -0.0616 e. The third-order valence-electron chi connectivity index (χ3n) is 9.98. The quantitative estimate of drug-likeness (QED) is 0.162. The zero-order valence-corrected chi connectivity index (χ0v) is 29.6. The largest absolute Gasteiger partial charge is 0.0616 e. The first-order chi connectivity index (χ1) is 26.7. The Bertz CT molecular complexity index is 2700. The van der Waals surface area contributed by atoms with Crippen molar-refractivity contribution in [3.05, 3.63) is 229 Å². The second-order valence-electron chi connectivity index (χ2n) is 13.4. The van der Waals surface area contributed by atoms with E-state index < -0.39 is 0 Å². The molecule has 0 atom stereocenters. The maximum Gasteiger partial charge on any atom is 0.0327 e. The molecule has 9 aromatic rings. The second-order valence-corrected chi connectivity index (χ2v) is 13.4. The molecule has 0 nitrogen and oxygen atoms in total. The van der Waals surface area contributed by atoms with Gasteiger partial charge in [0.1, 0.15) is 0 Å². The van der Waals surface area contributed by atoms with Crippen LogP contribution in [0.1, 0.15) is 22.3 Å². The number of hydrogen-bond acceptors (Lipinski definition) is 0. The Morgan fingerprint density at radius 1 is 0.222 bits per heavy atom. The molecule has 0 heterocycles. The Kier molecular flexibility index (Phi) is 8.85. The summed E-state index contributed by atoms with van der Waals surface area (Å²) in [4.78, 5) is 0. The van der Waals surface area contributed by atoms with E-state index in [2.05, 4.69) is 218 Å². The molecule has 0 fully saturated rings. The molecule has 0 aliphatic heterocycles. The highest BCUT2D eigenvalue weighted by Crippen LogP contribution is 2.31. The Hall–Kier alpha value is -7.38. The van der Waals surface area contributed by atoms with Gasteiger partial charge in [-0.15, -0.1) is 0 Å². The lowest BCUT2D eigenvalue weighted by molar-refractivity contribution is 1.56. The van der Waals surface area contributed by atoms with Gasteiger partial charge in [0, 0.05) is 22.3 Å². The van der Waals surface area contributed by atoms with Crippen LogP contribution < -0.4 is 0 Å². The molecular formula is C54H34. The van der Waals surface area contributed by atoms with E-state index in [1.165, 1.54) is 43.8 Å². The monoisotopic (exact) mass is 682 g/mol. The van der Waals surface area contributed by atoms with Crippen LogP contribution in [0.2, 0.25) is 0 Å². The fourth-order valence-electron chi connectivity index (χ4n) is 7.03. The molecule has 9 rings (SSSR count). The summed E-state index contributed by atoms with van der Waals surface area (Å²) in [6.45, 7) is 0. The van der Waals surface area contributed by atoms with E-state index >= 15 is 0 Å². The molecule has 54 heavy (non-hydrogen) atoms. The van der Waals surface area contributed by atoms with Crippen molar-refractivity contribution in [2.75, 3.05) is 0 Å². The van der Waals surface area contributed by atoms with E-state index in [1.807, 2.05) is 12.1 Å². The normalized spacial score (nSPS) is 10.7. The predicted molar refractivity (Wildman–Crippen MR) is 228 cm³/mol. The smallest absolute Gasteiger partial charge is 0.0327 e. The summed E-state index contributed by atoms with van der Waals surface area (Å²) in [5, 5.41) is 5.01. The third kappa shape index (κ3) is 6.94. The molecule has 0 radical (unpaired) electrons. The SMILES string of the molecule is C(#Cc1ccccc1-c1ccc(-c2ccc3ccccc3c2)cc1)c1ccc(C#Cc2ccccc2-c2ccc(-c3ccc4ccccc4c3)cc2)cc1. The molecule has 250 valence electrons. The van der Waals surface area contributed by atoms with Crippen LogP contribution in [-0.2, 0) is 0 Å². The Balaban J connectivity index is 0.908. The van der Waals surface area contributed by atoms with Crippen LogP contribution in [0, 0.1) is 23.7 Å². The first-order valence-corrected chi connectivity index (χ1v) is 18.2. The maximum absolute atomic E-state index is 3.43. The van der Waals surface area contributed by atoms with Gasteiger partial charge >= 0.3 is 0 Å². The molecule has 0 heteroatoms. The zero-order chi connectivity index (χ0) is 36.1. The highest BCUT2D eigenvalue weighted by molar-refractivity contribution is 5.89. The van der Waals surface area contributed by atoms with Gasteiger partial charge in [0.2, 0.25) is 0 Å². The minimum absolute atomic E-state index is 0.953.